The van der Waals surface area contributed by atoms with Crippen LogP contribution < -0.4 is 10.1 Å². The third kappa shape index (κ3) is 5.73. The smallest absolute Gasteiger partial charge is 0.418 e. The second-order valence-corrected chi connectivity index (χ2v) is 6.20. The van der Waals surface area contributed by atoms with Gasteiger partial charge in [-0.2, -0.15) is 13.2 Å². The molecule has 0 saturated carbocycles. The number of rotatable bonds is 6. The Balaban J connectivity index is 1.91. The molecule has 8 heteroatoms. The number of halogens is 3. The Morgan fingerprint density at radius 2 is 1.75 bits per heavy atom. The van der Waals surface area contributed by atoms with Gasteiger partial charge in [-0.25, -0.2) is 4.79 Å². The van der Waals surface area contributed by atoms with Gasteiger partial charge in [-0.1, -0.05) is 18.2 Å². The number of hydrogen-bond donors (Lipinski definition) is 1. The van der Waals surface area contributed by atoms with E-state index in [9.17, 15) is 22.8 Å². The fourth-order valence-electron chi connectivity index (χ4n) is 2.30. The first-order valence-electron chi connectivity index (χ1n) is 8.44. The molecule has 0 aliphatic heterocycles. The van der Waals surface area contributed by atoms with Crippen LogP contribution in [0.25, 0.3) is 0 Å². The predicted octanol–water partition coefficient (Wildman–Crippen LogP) is 4.27. The first kappa shape index (κ1) is 21.3. The second-order valence-electron chi connectivity index (χ2n) is 6.20. The standard InChI is InChI=1S/C20H20F3NO4/c1-12-8-9-15(10-13(12)2)27-11-18(25)28-14(3)19(26)24-17-7-5-4-6-16(17)20(21,22)23/h4-10,14H,11H2,1-3H3,(H,24,26)/t14-/m1/s1. The molecular formula is C20H20F3NO4. The van der Waals surface area contributed by atoms with E-state index in [-0.39, 0.29) is 0 Å². The number of anilines is 1. The van der Waals surface area contributed by atoms with Crippen LogP contribution in [-0.2, 0) is 20.5 Å². The van der Waals surface area contributed by atoms with Crippen LogP contribution in [0.1, 0.15) is 23.6 Å². The fraction of sp³-hybridized carbons (Fsp3) is 0.300. The Kier molecular flexibility index (Phi) is 6.66. The molecule has 150 valence electrons. The van der Waals surface area contributed by atoms with Crippen molar-refractivity contribution in [2.45, 2.75) is 33.1 Å². The molecule has 0 fully saturated rings. The lowest BCUT2D eigenvalue weighted by Gasteiger charge is -2.17. The number of nitrogens with one attached hydrogen (secondary N) is 1. The van der Waals surface area contributed by atoms with E-state index >= 15 is 0 Å². The van der Waals surface area contributed by atoms with E-state index in [1.165, 1.54) is 19.1 Å². The van der Waals surface area contributed by atoms with E-state index in [1.54, 1.807) is 12.1 Å². The Bertz CT molecular complexity index is 865. The van der Waals surface area contributed by atoms with Crippen molar-refractivity contribution in [3.05, 3.63) is 59.2 Å². The first-order valence-corrected chi connectivity index (χ1v) is 8.44. The third-order valence-electron chi connectivity index (χ3n) is 4.00. The minimum Gasteiger partial charge on any atom is -0.482 e. The van der Waals surface area contributed by atoms with Gasteiger partial charge in [-0.15, -0.1) is 0 Å². The number of amides is 1. The van der Waals surface area contributed by atoms with Crippen LogP contribution in [0.15, 0.2) is 42.5 Å². The SMILES string of the molecule is Cc1ccc(OCC(=O)O[C@H](C)C(=O)Nc2ccccc2C(F)(F)F)cc1C. The highest BCUT2D eigenvalue weighted by Gasteiger charge is 2.34. The molecule has 2 rings (SSSR count). The highest BCUT2D eigenvalue weighted by Crippen LogP contribution is 2.34. The highest BCUT2D eigenvalue weighted by molar-refractivity contribution is 5.95. The molecule has 0 heterocycles. The number of benzene rings is 2. The van der Waals surface area contributed by atoms with Crippen LogP contribution >= 0.6 is 0 Å². The topological polar surface area (TPSA) is 64.6 Å². The minimum atomic E-state index is -4.62. The largest absolute Gasteiger partial charge is 0.482 e. The number of ether oxygens (including phenoxy) is 2. The number of hydrogen-bond acceptors (Lipinski definition) is 4. The van der Waals surface area contributed by atoms with Crippen LogP contribution in [0.3, 0.4) is 0 Å². The summed E-state index contributed by atoms with van der Waals surface area (Å²) in [6.45, 7) is 4.66. The van der Waals surface area contributed by atoms with E-state index < -0.39 is 42.0 Å². The number of carbonyl (C=O) groups is 2. The maximum absolute atomic E-state index is 13.0. The molecule has 0 aliphatic carbocycles. The summed E-state index contributed by atoms with van der Waals surface area (Å²) >= 11 is 0. The maximum Gasteiger partial charge on any atom is 0.418 e. The summed E-state index contributed by atoms with van der Waals surface area (Å²) in [6.07, 6.45) is -5.92. The van der Waals surface area contributed by atoms with Gasteiger partial charge in [0.15, 0.2) is 12.7 Å². The Morgan fingerprint density at radius 1 is 1.07 bits per heavy atom. The molecular weight excluding hydrogens is 375 g/mol. The number of para-hydroxylation sites is 1. The van der Waals surface area contributed by atoms with Gasteiger partial charge in [-0.05, 0) is 56.2 Å². The molecule has 0 aromatic heterocycles. The van der Waals surface area contributed by atoms with Gasteiger partial charge in [-0.3, -0.25) is 4.79 Å². The summed E-state index contributed by atoms with van der Waals surface area (Å²) < 4.78 is 49.2. The van der Waals surface area contributed by atoms with E-state index in [0.717, 1.165) is 23.3 Å². The Labute approximate surface area is 160 Å². The lowest BCUT2D eigenvalue weighted by atomic mass is 10.1. The summed E-state index contributed by atoms with van der Waals surface area (Å²) in [5, 5.41) is 2.13. The van der Waals surface area contributed by atoms with Crippen molar-refractivity contribution in [2.75, 3.05) is 11.9 Å². The first-order chi connectivity index (χ1) is 13.1. The van der Waals surface area contributed by atoms with Gasteiger partial charge in [0.2, 0.25) is 0 Å². The molecule has 1 amide bonds. The molecule has 5 nitrogen and oxygen atoms in total. The quantitative estimate of drug-likeness (QED) is 0.742. The van der Waals surface area contributed by atoms with Crippen LogP contribution in [0.5, 0.6) is 5.75 Å². The zero-order chi connectivity index (χ0) is 20.9. The molecule has 1 atom stereocenters. The van der Waals surface area contributed by atoms with Crippen molar-refractivity contribution in [3.63, 3.8) is 0 Å². The monoisotopic (exact) mass is 395 g/mol. The van der Waals surface area contributed by atoms with Gasteiger partial charge in [0.1, 0.15) is 5.75 Å². The molecule has 0 radical (unpaired) electrons. The molecule has 28 heavy (non-hydrogen) atoms. The average Bonchev–Trinajstić information content (AvgIpc) is 2.62. The minimum absolute atomic E-state index is 0.408. The highest BCUT2D eigenvalue weighted by atomic mass is 19.4. The molecule has 0 bridgehead atoms. The molecule has 0 aliphatic rings. The van der Waals surface area contributed by atoms with Crippen molar-refractivity contribution < 1.29 is 32.2 Å². The number of alkyl halides is 3. The molecule has 1 N–H and O–H groups in total. The summed E-state index contributed by atoms with van der Waals surface area (Å²) in [5.41, 5.74) is 0.663. The van der Waals surface area contributed by atoms with Gasteiger partial charge >= 0.3 is 12.1 Å². The van der Waals surface area contributed by atoms with Crippen LogP contribution in [0.4, 0.5) is 18.9 Å². The maximum atomic E-state index is 13.0. The normalized spacial score (nSPS) is 12.2. The Hall–Kier alpha value is -3.03. The van der Waals surface area contributed by atoms with Crippen molar-refractivity contribution >= 4 is 17.6 Å². The predicted molar refractivity (Wildman–Crippen MR) is 97.0 cm³/mol. The molecule has 0 saturated heterocycles. The van der Waals surface area contributed by atoms with Gasteiger partial charge < -0.3 is 14.8 Å². The fourth-order valence-corrected chi connectivity index (χ4v) is 2.30. The lowest BCUT2D eigenvalue weighted by Crippen LogP contribution is -2.32. The molecule has 2 aromatic rings. The third-order valence-corrected chi connectivity index (χ3v) is 4.00. The summed E-state index contributed by atoms with van der Waals surface area (Å²) in [4.78, 5) is 23.9. The van der Waals surface area contributed by atoms with E-state index in [1.807, 2.05) is 19.9 Å². The van der Waals surface area contributed by atoms with Crippen LogP contribution in [0.2, 0.25) is 0 Å². The van der Waals surface area contributed by atoms with Crippen molar-refractivity contribution in [1.82, 2.24) is 0 Å². The van der Waals surface area contributed by atoms with Crippen LogP contribution in [-0.4, -0.2) is 24.6 Å². The Morgan fingerprint density at radius 3 is 2.39 bits per heavy atom. The van der Waals surface area contributed by atoms with Crippen molar-refractivity contribution in [3.8, 4) is 5.75 Å². The summed E-state index contributed by atoms with van der Waals surface area (Å²) in [6, 6.07) is 9.84. The number of carbonyl (C=O) groups excluding carboxylic acids is 2. The van der Waals surface area contributed by atoms with Crippen molar-refractivity contribution in [1.29, 1.82) is 0 Å². The van der Waals surface area contributed by atoms with E-state index in [2.05, 4.69) is 5.32 Å². The molecule has 0 unspecified atom stereocenters. The summed E-state index contributed by atoms with van der Waals surface area (Å²) in [7, 11) is 0. The van der Waals surface area contributed by atoms with E-state index in [0.29, 0.717) is 5.75 Å². The molecule has 0 spiro atoms. The van der Waals surface area contributed by atoms with Crippen molar-refractivity contribution in [2.24, 2.45) is 0 Å². The van der Waals surface area contributed by atoms with Gasteiger partial charge in [0.05, 0.1) is 11.3 Å². The number of esters is 1. The van der Waals surface area contributed by atoms with Gasteiger partial charge in [0.25, 0.3) is 5.91 Å². The van der Waals surface area contributed by atoms with Crippen LogP contribution in [0, 0.1) is 13.8 Å². The second kappa shape index (κ2) is 8.77. The van der Waals surface area contributed by atoms with E-state index in [4.69, 9.17) is 9.47 Å². The number of aryl methyl sites for hydroxylation is 2. The zero-order valence-electron chi connectivity index (χ0n) is 15.6. The summed E-state index contributed by atoms with van der Waals surface area (Å²) in [5.74, 6) is -1.22. The lowest BCUT2D eigenvalue weighted by molar-refractivity contribution is -0.155. The van der Waals surface area contributed by atoms with Gasteiger partial charge in [0, 0.05) is 0 Å². The average molecular weight is 395 g/mol. The molecule has 2 aromatic carbocycles. The zero-order valence-corrected chi connectivity index (χ0v) is 15.6.